The van der Waals surface area contributed by atoms with Crippen molar-refractivity contribution in [2.75, 3.05) is 7.11 Å². The van der Waals surface area contributed by atoms with Gasteiger partial charge in [-0.05, 0) is 30.4 Å². The van der Waals surface area contributed by atoms with Crippen LogP contribution in [0.5, 0.6) is 5.75 Å². The number of carbonyl (C=O) groups is 1. The predicted octanol–water partition coefficient (Wildman–Crippen LogP) is 2.39. The molecule has 2 heteroatoms. The molecule has 2 rings (SSSR count). The molecule has 2 unspecified atom stereocenters. The Bertz CT molecular complexity index is 333. The highest BCUT2D eigenvalue weighted by molar-refractivity contribution is 5.59. The van der Waals surface area contributed by atoms with Gasteiger partial charge in [0.05, 0.1) is 7.11 Å². The van der Waals surface area contributed by atoms with Gasteiger partial charge in [-0.25, -0.2) is 0 Å². The SMILES string of the molecule is COc1ccccc1C1CCC1C=O. The molecule has 0 aromatic heterocycles. The van der Waals surface area contributed by atoms with E-state index < -0.39 is 0 Å². The summed E-state index contributed by atoms with van der Waals surface area (Å²) in [6, 6.07) is 7.96. The number of carbonyl (C=O) groups excluding carboxylic acids is 1. The number of rotatable bonds is 3. The molecule has 0 heterocycles. The lowest BCUT2D eigenvalue weighted by Crippen LogP contribution is -2.25. The molecule has 0 aliphatic heterocycles. The van der Waals surface area contributed by atoms with E-state index in [1.807, 2.05) is 18.2 Å². The fourth-order valence-electron chi connectivity index (χ4n) is 2.05. The van der Waals surface area contributed by atoms with E-state index in [4.69, 9.17) is 4.74 Å². The van der Waals surface area contributed by atoms with Gasteiger partial charge in [0.25, 0.3) is 0 Å². The van der Waals surface area contributed by atoms with E-state index in [0.717, 1.165) is 24.9 Å². The van der Waals surface area contributed by atoms with Crippen LogP contribution in [0.3, 0.4) is 0 Å². The van der Waals surface area contributed by atoms with Crippen molar-refractivity contribution >= 4 is 6.29 Å². The number of methoxy groups -OCH3 is 1. The zero-order valence-electron chi connectivity index (χ0n) is 8.27. The van der Waals surface area contributed by atoms with Crippen LogP contribution in [-0.4, -0.2) is 13.4 Å². The van der Waals surface area contributed by atoms with Crippen molar-refractivity contribution in [3.05, 3.63) is 29.8 Å². The molecule has 2 atom stereocenters. The van der Waals surface area contributed by atoms with Crippen molar-refractivity contribution < 1.29 is 9.53 Å². The Labute approximate surface area is 83.9 Å². The van der Waals surface area contributed by atoms with Crippen molar-refractivity contribution in [3.8, 4) is 5.75 Å². The van der Waals surface area contributed by atoms with Crippen molar-refractivity contribution in [1.29, 1.82) is 0 Å². The Morgan fingerprint density at radius 1 is 1.36 bits per heavy atom. The van der Waals surface area contributed by atoms with Crippen LogP contribution in [0.4, 0.5) is 0 Å². The minimum atomic E-state index is 0.200. The maximum Gasteiger partial charge on any atom is 0.123 e. The van der Waals surface area contributed by atoms with Gasteiger partial charge in [0.15, 0.2) is 0 Å². The van der Waals surface area contributed by atoms with Gasteiger partial charge in [-0.15, -0.1) is 0 Å². The number of hydrogen-bond donors (Lipinski definition) is 0. The van der Waals surface area contributed by atoms with Crippen molar-refractivity contribution in [2.24, 2.45) is 5.92 Å². The quantitative estimate of drug-likeness (QED) is 0.684. The molecule has 0 amide bonds. The van der Waals surface area contributed by atoms with Gasteiger partial charge < -0.3 is 9.53 Å². The predicted molar refractivity (Wildman–Crippen MR) is 54.5 cm³/mol. The molecule has 1 aromatic carbocycles. The molecule has 74 valence electrons. The molecule has 2 nitrogen and oxygen atoms in total. The van der Waals surface area contributed by atoms with Gasteiger partial charge in [-0.1, -0.05) is 18.2 Å². The monoisotopic (exact) mass is 190 g/mol. The van der Waals surface area contributed by atoms with E-state index in [0.29, 0.717) is 5.92 Å². The van der Waals surface area contributed by atoms with Crippen molar-refractivity contribution in [1.82, 2.24) is 0 Å². The van der Waals surface area contributed by atoms with Crippen molar-refractivity contribution in [2.45, 2.75) is 18.8 Å². The minimum Gasteiger partial charge on any atom is -0.496 e. The summed E-state index contributed by atoms with van der Waals surface area (Å²) in [5.41, 5.74) is 1.18. The molecule has 1 fully saturated rings. The Morgan fingerprint density at radius 2 is 2.14 bits per heavy atom. The van der Waals surface area contributed by atoms with E-state index in [1.54, 1.807) is 7.11 Å². The van der Waals surface area contributed by atoms with E-state index in [-0.39, 0.29) is 5.92 Å². The fourth-order valence-corrected chi connectivity index (χ4v) is 2.05. The molecular formula is C12H14O2. The summed E-state index contributed by atoms with van der Waals surface area (Å²) in [4.78, 5) is 10.7. The topological polar surface area (TPSA) is 26.3 Å². The number of ether oxygens (including phenoxy) is 1. The summed E-state index contributed by atoms with van der Waals surface area (Å²) in [6.45, 7) is 0. The molecule has 0 saturated heterocycles. The highest BCUT2D eigenvalue weighted by Crippen LogP contribution is 2.44. The Hall–Kier alpha value is -1.31. The Kier molecular flexibility index (Phi) is 2.53. The average molecular weight is 190 g/mol. The van der Waals surface area contributed by atoms with Crippen molar-refractivity contribution in [3.63, 3.8) is 0 Å². The highest BCUT2D eigenvalue weighted by Gasteiger charge is 2.33. The number of hydrogen-bond acceptors (Lipinski definition) is 2. The van der Waals surface area contributed by atoms with Crippen LogP contribution in [0.15, 0.2) is 24.3 Å². The van der Waals surface area contributed by atoms with E-state index >= 15 is 0 Å². The molecule has 1 aliphatic carbocycles. The number of benzene rings is 1. The summed E-state index contributed by atoms with van der Waals surface area (Å²) >= 11 is 0. The van der Waals surface area contributed by atoms with Crippen LogP contribution in [0, 0.1) is 5.92 Å². The van der Waals surface area contributed by atoms with Gasteiger partial charge >= 0.3 is 0 Å². The summed E-state index contributed by atoms with van der Waals surface area (Å²) in [6.07, 6.45) is 3.19. The zero-order valence-corrected chi connectivity index (χ0v) is 8.27. The maximum absolute atomic E-state index is 10.7. The van der Waals surface area contributed by atoms with Crippen LogP contribution in [0.2, 0.25) is 0 Å². The third-order valence-electron chi connectivity index (χ3n) is 3.04. The Morgan fingerprint density at radius 3 is 2.71 bits per heavy atom. The number of para-hydroxylation sites is 1. The molecule has 0 bridgehead atoms. The first kappa shape index (κ1) is 9.25. The zero-order chi connectivity index (χ0) is 9.97. The first-order chi connectivity index (χ1) is 6.86. The molecule has 0 spiro atoms. The normalized spacial score (nSPS) is 25.2. The van der Waals surface area contributed by atoms with E-state index in [9.17, 15) is 4.79 Å². The second kappa shape index (κ2) is 3.82. The Balaban J connectivity index is 2.27. The fraction of sp³-hybridized carbons (Fsp3) is 0.417. The highest BCUT2D eigenvalue weighted by atomic mass is 16.5. The second-order valence-corrected chi connectivity index (χ2v) is 3.73. The van der Waals surface area contributed by atoms with Gasteiger partial charge in [-0.3, -0.25) is 0 Å². The van der Waals surface area contributed by atoms with Crippen LogP contribution in [0.1, 0.15) is 24.3 Å². The molecule has 0 radical (unpaired) electrons. The van der Waals surface area contributed by atoms with E-state index in [1.165, 1.54) is 5.56 Å². The summed E-state index contributed by atoms with van der Waals surface area (Å²) in [7, 11) is 1.67. The first-order valence-corrected chi connectivity index (χ1v) is 4.95. The minimum absolute atomic E-state index is 0.200. The smallest absolute Gasteiger partial charge is 0.123 e. The molecular weight excluding hydrogens is 176 g/mol. The summed E-state index contributed by atoms with van der Waals surface area (Å²) in [5, 5.41) is 0. The van der Waals surface area contributed by atoms with Crippen LogP contribution in [0.25, 0.3) is 0 Å². The summed E-state index contributed by atoms with van der Waals surface area (Å²) < 4.78 is 5.28. The third kappa shape index (κ3) is 1.41. The largest absolute Gasteiger partial charge is 0.496 e. The first-order valence-electron chi connectivity index (χ1n) is 4.95. The van der Waals surface area contributed by atoms with Gasteiger partial charge in [0, 0.05) is 5.92 Å². The molecule has 1 aromatic rings. The molecule has 1 aliphatic rings. The van der Waals surface area contributed by atoms with Crippen LogP contribution >= 0.6 is 0 Å². The third-order valence-corrected chi connectivity index (χ3v) is 3.04. The molecule has 0 N–H and O–H groups in total. The van der Waals surface area contributed by atoms with Gasteiger partial charge in [0.2, 0.25) is 0 Å². The second-order valence-electron chi connectivity index (χ2n) is 3.73. The standard InChI is InChI=1S/C12H14O2/c1-14-12-5-3-2-4-11(12)10-7-6-9(10)8-13/h2-5,8-10H,6-7H2,1H3. The van der Waals surface area contributed by atoms with Gasteiger partial charge in [-0.2, -0.15) is 0 Å². The lowest BCUT2D eigenvalue weighted by atomic mass is 9.70. The molecule has 14 heavy (non-hydrogen) atoms. The van der Waals surface area contributed by atoms with Gasteiger partial charge in [0.1, 0.15) is 12.0 Å². The van der Waals surface area contributed by atoms with E-state index in [2.05, 4.69) is 6.07 Å². The molecule has 1 saturated carbocycles. The van der Waals surface area contributed by atoms with Crippen LogP contribution < -0.4 is 4.74 Å². The maximum atomic E-state index is 10.7. The summed E-state index contributed by atoms with van der Waals surface area (Å²) in [5.74, 6) is 1.49. The van der Waals surface area contributed by atoms with Crippen LogP contribution in [-0.2, 0) is 4.79 Å². The number of aldehydes is 1. The average Bonchev–Trinajstić information content (AvgIpc) is 2.18. The lowest BCUT2D eigenvalue weighted by Gasteiger charge is -2.33. The lowest BCUT2D eigenvalue weighted by molar-refractivity contribution is -0.113.